The van der Waals surface area contributed by atoms with Crippen molar-refractivity contribution in [3.8, 4) is 0 Å². The predicted octanol–water partition coefficient (Wildman–Crippen LogP) is 3.21. The van der Waals surface area contributed by atoms with E-state index in [9.17, 15) is 4.79 Å². The number of H-pyrrole nitrogens is 1. The standard InChI is InChI=1S/C12H13BrN2O/c13-9-6-3-7-10-11(9)14-12(16)15(10)8-4-1-2-5-8/h3,6-8H,1-2,4-5H2,(H,14,16). The summed E-state index contributed by atoms with van der Waals surface area (Å²) in [5.74, 6) is 0. The Labute approximate surface area is 102 Å². The highest BCUT2D eigenvalue weighted by atomic mass is 79.9. The summed E-state index contributed by atoms with van der Waals surface area (Å²) >= 11 is 3.47. The highest BCUT2D eigenvalue weighted by Crippen LogP contribution is 2.31. The number of rotatable bonds is 1. The van der Waals surface area contributed by atoms with Crippen LogP contribution in [0.15, 0.2) is 27.5 Å². The Morgan fingerprint density at radius 2 is 2.06 bits per heavy atom. The van der Waals surface area contributed by atoms with Crippen LogP contribution in [0.4, 0.5) is 0 Å². The minimum Gasteiger partial charge on any atom is -0.305 e. The first-order valence-electron chi connectivity index (χ1n) is 5.66. The summed E-state index contributed by atoms with van der Waals surface area (Å²) in [4.78, 5) is 14.9. The average molecular weight is 281 g/mol. The Balaban J connectivity index is 2.27. The third kappa shape index (κ3) is 1.44. The van der Waals surface area contributed by atoms with E-state index in [2.05, 4.69) is 20.9 Å². The van der Waals surface area contributed by atoms with Crippen LogP contribution in [-0.2, 0) is 0 Å². The molecule has 4 heteroatoms. The van der Waals surface area contributed by atoms with Crippen molar-refractivity contribution in [2.75, 3.05) is 0 Å². The zero-order valence-corrected chi connectivity index (χ0v) is 10.5. The maximum Gasteiger partial charge on any atom is 0.326 e. The van der Waals surface area contributed by atoms with Crippen molar-refractivity contribution in [3.63, 3.8) is 0 Å². The molecule has 0 spiro atoms. The third-order valence-corrected chi connectivity index (χ3v) is 4.05. The molecule has 0 atom stereocenters. The molecule has 2 aromatic rings. The van der Waals surface area contributed by atoms with Crippen molar-refractivity contribution in [3.05, 3.63) is 33.2 Å². The molecular weight excluding hydrogens is 268 g/mol. The van der Waals surface area contributed by atoms with Gasteiger partial charge in [0.1, 0.15) is 0 Å². The molecule has 0 unspecified atom stereocenters. The second kappa shape index (κ2) is 3.77. The van der Waals surface area contributed by atoms with E-state index < -0.39 is 0 Å². The number of halogens is 1. The number of hydrogen-bond donors (Lipinski definition) is 1. The maximum atomic E-state index is 12.0. The molecule has 3 nitrogen and oxygen atoms in total. The summed E-state index contributed by atoms with van der Waals surface area (Å²) in [6.07, 6.45) is 4.72. The van der Waals surface area contributed by atoms with Gasteiger partial charge in [0.15, 0.2) is 0 Å². The highest BCUT2D eigenvalue weighted by molar-refractivity contribution is 9.10. The van der Waals surface area contributed by atoms with Crippen LogP contribution in [0.5, 0.6) is 0 Å². The fraction of sp³-hybridized carbons (Fsp3) is 0.417. The van der Waals surface area contributed by atoms with Crippen LogP contribution in [-0.4, -0.2) is 9.55 Å². The topological polar surface area (TPSA) is 37.8 Å². The van der Waals surface area contributed by atoms with Crippen LogP contribution in [0.3, 0.4) is 0 Å². The van der Waals surface area contributed by atoms with Crippen LogP contribution in [0, 0.1) is 0 Å². The summed E-state index contributed by atoms with van der Waals surface area (Å²) in [5.41, 5.74) is 1.96. The first-order valence-corrected chi connectivity index (χ1v) is 6.45. The van der Waals surface area contributed by atoms with E-state index in [1.165, 1.54) is 12.8 Å². The number of benzene rings is 1. The molecule has 0 amide bonds. The van der Waals surface area contributed by atoms with Gasteiger partial charge in [0.05, 0.1) is 11.0 Å². The first kappa shape index (κ1) is 10.1. The molecule has 1 aliphatic rings. The van der Waals surface area contributed by atoms with Gasteiger partial charge in [-0.2, -0.15) is 0 Å². The Morgan fingerprint density at radius 3 is 2.81 bits per heavy atom. The Morgan fingerprint density at radius 1 is 1.31 bits per heavy atom. The largest absolute Gasteiger partial charge is 0.326 e. The maximum absolute atomic E-state index is 12.0. The first-order chi connectivity index (χ1) is 7.77. The highest BCUT2D eigenvalue weighted by Gasteiger charge is 2.21. The van der Waals surface area contributed by atoms with Gasteiger partial charge in [-0.05, 0) is 40.9 Å². The van der Waals surface area contributed by atoms with Crippen LogP contribution in [0.25, 0.3) is 11.0 Å². The van der Waals surface area contributed by atoms with Crippen molar-refractivity contribution >= 4 is 27.0 Å². The monoisotopic (exact) mass is 280 g/mol. The number of nitrogens with zero attached hydrogens (tertiary/aromatic N) is 1. The number of nitrogens with one attached hydrogen (secondary N) is 1. The second-order valence-corrected chi connectivity index (χ2v) is 5.23. The Bertz CT molecular complexity index is 578. The van der Waals surface area contributed by atoms with Crippen molar-refractivity contribution in [1.82, 2.24) is 9.55 Å². The van der Waals surface area contributed by atoms with Gasteiger partial charge in [0.25, 0.3) is 0 Å². The Kier molecular flexibility index (Phi) is 2.39. The molecule has 1 fully saturated rings. The molecule has 84 valence electrons. The van der Waals surface area contributed by atoms with Crippen molar-refractivity contribution in [1.29, 1.82) is 0 Å². The molecule has 1 aliphatic carbocycles. The van der Waals surface area contributed by atoms with Crippen molar-refractivity contribution in [2.24, 2.45) is 0 Å². The van der Waals surface area contributed by atoms with Gasteiger partial charge in [-0.25, -0.2) is 4.79 Å². The van der Waals surface area contributed by atoms with Gasteiger partial charge in [-0.15, -0.1) is 0 Å². The number of imidazole rings is 1. The molecule has 0 radical (unpaired) electrons. The molecule has 0 bridgehead atoms. The lowest BCUT2D eigenvalue weighted by atomic mass is 10.2. The number of aromatic nitrogens is 2. The van der Waals surface area contributed by atoms with Crippen LogP contribution < -0.4 is 5.69 Å². The SMILES string of the molecule is O=c1[nH]c2c(Br)cccc2n1C1CCCC1. The van der Waals surface area contributed by atoms with Gasteiger partial charge in [0.2, 0.25) is 0 Å². The quantitative estimate of drug-likeness (QED) is 0.856. The smallest absolute Gasteiger partial charge is 0.305 e. The molecule has 0 aliphatic heterocycles. The fourth-order valence-electron chi connectivity index (χ4n) is 2.64. The summed E-state index contributed by atoms with van der Waals surface area (Å²) in [5, 5.41) is 0. The van der Waals surface area contributed by atoms with Gasteiger partial charge in [-0.3, -0.25) is 4.57 Å². The van der Waals surface area contributed by atoms with Gasteiger partial charge >= 0.3 is 5.69 Å². The lowest BCUT2D eigenvalue weighted by molar-refractivity contribution is 0.518. The molecular formula is C12H13BrN2O. The number of hydrogen-bond acceptors (Lipinski definition) is 1. The summed E-state index contributed by atoms with van der Waals surface area (Å²) < 4.78 is 2.88. The van der Waals surface area contributed by atoms with Crippen LogP contribution in [0.2, 0.25) is 0 Å². The molecule has 1 saturated carbocycles. The molecule has 3 rings (SSSR count). The normalized spacial score (nSPS) is 17.3. The van der Waals surface area contributed by atoms with Crippen LogP contribution >= 0.6 is 15.9 Å². The molecule has 1 heterocycles. The second-order valence-electron chi connectivity index (χ2n) is 4.37. The summed E-state index contributed by atoms with van der Waals surface area (Å²) in [6.45, 7) is 0. The van der Waals surface area contributed by atoms with E-state index in [0.29, 0.717) is 6.04 Å². The molecule has 0 saturated heterocycles. The van der Waals surface area contributed by atoms with E-state index in [4.69, 9.17) is 0 Å². The summed E-state index contributed by atoms with van der Waals surface area (Å²) in [6, 6.07) is 6.33. The minimum absolute atomic E-state index is 0.0220. The predicted molar refractivity (Wildman–Crippen MR) is 67.8 cm³/mol. The molecule has 1 aromatic carbocycles. The fourth-order valence-corrected chi connectivity index (χ4v) is 3.09. The molecule has 1 N–H and O–H groups in total. The Hall–Kier alpha value is -1.03. The van der Waals surface area contributed by atoms with Crippen molar-refractivity contribution in [2.45, 2.75) is 31.7 Å². The zero-order chi connectivity index (χ0) is 11.1. The van der Waals surface area contributed by atoms with Crippen molar-refractivity contribution < 1.29 is 0 Å². The number of aromatic amines is 1. The van der Waals surface area contributed by atoms with Crippen LogP contribution in [0.1, 0.15) is 31.7 Å². The third-order valence-electron chi connectivity index (χ3n) is 3.39. The van der Waals surface area contributed by atoms with E-state index in [-0.39, 0.29) is 5.69 Å². The summed E-state index contributed by atoms with van der Waals surface area (Å²) in [7, 11) is 0. The van der Waals surface area contributed by atoms with E-state index in [1.807, 2.05) is 22.8 Å². The minimum atomic E-state index is 0.0220. The number of para-hydroxylation sites is 1. The van der Waals surface area contributed by atoms with E-state index in [1.54, 1.807) is 0 Å². The molecule has 1 aromatic heterocycles. The van der Waals surface area contributed by atoms with E-state index in [0.717, 1.165) is 28.3 Å². The molecule has 16 heavy (non-hydrogen) atoms. The number of fused-ring (bicyclic) bond motifs is 1. The lowest BCUT2D eigenvalue weighted by Crippen LogP contribution is -2.20. The van der Waals surface area contributed by atoms with Gasteiger partial charge in [0, 0.05) is 10.5 Å². The lowest BCUT2D eigenvalue weighted by Gasteiger charge is -2.10. The van der Waals surface area contributed by atoms with Gasteiger partial charge in [-0.1, -0.05) is 18.9 Å². The van der Waals surface area contributed by atoms with E-state index >= 15 is 0 Å². The van der Waals surface area contributed by atoms with Gasteiger partial charge < -0.3 is 4.98 Å². The average Bonchev–Trinajstić information content (AvgIpc) is 2.85. The zero-order valence-electron chi connectivity index (χ0n) is 8.87.